The Morgan fingerprint density at radius 3 is 2.61 bits per heavy atom. The van der Waals surface area contributed by atoms with E-state index in [9.17, 15) is 4.79 Å². The smallest absolute Gasteiger partial charge is 0.410 e. The Morgan fingerprint density at radius 2 is 1.94 bits per heavy atom. The van der Waals surface area contributed by atoms with Crippen LogP contribution in [0.5, 0.6) is 0 Å². The van der Waals surface area contributed by atoms with Crippen LogP contribution >= 0.6 is 0 Å². The van der Waals surface area contributed by atoms with Gasteiger partial charge in [0.05, 0.1) is 31.5 Å². The fourth-order valence-electron chi connectivity index (χ4n) is 3.93. The first-order valence-corrected chi connectivity index (χ1v) is 10.8. The third kappa shape index (κ3) is 4.74. The van der Waals surface area contributed by atoms with Crippen molar-refractivity contribution in [3.63, 3.8) is 0 Å². The van der Waals surface area contributed by atoms with E-state index in [0.717, 1.165) is 29.2 Å². The van der Waals surface area contributed by atoms with Crippen LogP contribution < -0.4 is 10.6 Å². The molecule has 1 unspecified atom stereocenters. The summed E-state index contributed by atoms with van der Waals surface area (Å²) in [6.07, 6.45) is 0.378. The number of ether oxygens (including phenoxy) is 2. The zero-order valence-electron chi connectivity index (χ0n) is 18.7. The zero-order valence-corrected chi connectivity index (χ0v) is 18.7. The van der Waals surface area contributed by atoms with E-state index in [1.807, 2.05) is 45.0 Å². The van der Waals surface area contributed by atoms with E-state index in [2.05, 4.69) is 11.8 Å². The number of nitrogens with two attached hydrogens (primary N) is 1. The maximum Gasteiger partial charge on any atom is 0.410 e. The van der Waals surface area contributed by atoms with Crippen LogP contribution in [0.15, 0.2) is 24.3 Å². The molecule has 0 aliphatic carbocycles. The molecule has 1 aromatic carbocycles. The van der Waals surface area contributed by atoms with Crippen LogP contribution in [0.1, 0.15) is 39.0 Å². The molecule has 31 heavy (non-hydrogen) atoms. The number of hydrogen-bond donors (Lipinski definition) is 1. The molecule has 0 bridgehead atoms. The number of nitrogens with zero attached hydrogens (tertiary/aromatic N) is 4. The number of carbonyl (C=O) groups excluding carboxylic acids is 1. The molecule has 166 valence electrons. The number of carbonyl (C=O) groups is 1. The normalized spacial score (nSPS) is 19.2. The largest absolute Gasteiger partial charge is 0.444 e. The number of rotatable bonds is 2. The van der Waals surface area contributed by atoms with Gasteiger partial charge >= 0.3 is 6.09 Å². The topological polar surface area (TPSA) is 93.8 Å². The van der Waals surface area contributed by atoms with Gasteiger partial charge in [-0.25, -0.2) is 14.8 Å². The number of fused-ring (bicyclic) bond motifs is 1. The summed E-state index contributed by atoms with van der Waals surface area (Å²) < 4.78 is 11.2. The standard InChI is InChI=1S/C23H31N5O3/c1-15-14-30-12-11-28(15)21-18-9-10-27(22(29)31-23(2,3)4)13-19(18)25-20(26-21)16-5-7-17(24)8-6-16/h5-8,15H,9-14,24H2,1-4H3. The van der Waals surface area contributed by atoms with Crippen LogP contribution in [-0.2, 0) is 22.4 Å². The van der Waals surface area contributed by atoms with Crippen molar-refractivity contribution in [2.75, 3.05) is 36.9 Å². The SMILES string of the molecule is CC1COCCN1c1nc(-c2ccc(N)cc2)nc2c1CCN(C(=O)OC(C)(C)C)C2. The molecule has 1 amide bonds. The van der Waals surface area contributed by atoms with Crippen LogP contribution in [-0.4, -0.2) is 58.9 Å². The average molecular weight is 426 g/mol. The molecule has 1 saturated heterocycles. The molecule has 8 nitrogen and oxygen atoms in total. The summed E-state index contributed by atoms with van der Waals surface area (Å²) in [6.45, 7) is 10.9. The van der Waals surface area contributed by atoms with Crippen LogP contribution in [0.25, 0.3) is 11.4 Å². The number of nitrogen functional groups attached to an aromatic ring is 1. The lowest BCUT2D eigenvalue weighted by Crippen LogP contribution is -2.46. The number of benzene rings is 1. The lowest BCUT2D eigenvalue weighted by Gasteiger charge is -2.38. The first kappa shape index (κ1) is 21.4. The van der Waals surface area contributed by atoms with Gasteiger partial charge in [0.15, 0.2) is 5.82 Å². The van der Waals surface area contributed by atoms with Gasteiger partial charge in [-0.2, -0.15) is 0 Å². The second-order valence-electron chi connectivity index (χ2n) is 9.19. The number of hydrogen-bond acceptors (Lipinski definition) is 7. The van der Waals surface area contributed by atoms with E-state index in [-0.39, 0.29) is 12.1 Å². The van der Waals surface area contributed by atoms with Gasteiger partial charge in [-0.15, -0.1) is 0 Å². The van der Waals surface area contributed by atoms with Crippen LogP contribution in [0.3, 0.4) is 0 Å². The van der Waals surface area contributed by atoms with Crippen molar-refractivity contribution in [1.29, 1.82) is 0 Å². The van der Waals surface area contributed by atoms with E-state index in [1.54, 1.807) is 4.90 Å². The van der Waals surface area contributed by atoms with E-state index in [1.165, 1.54) is 0 Å². The minimum Gasteiger partial charge on any atom is -0.444 e. The van der Waals surface area contributed by atoms with Gasteiger partial charge in [-0.1, -0.05) is 0 Å². The minimum absolute atomic E-state index is 0.218. The fourth-order valence-corrected chi connectivity index (χ4v) is 3.93. The van der Waals surface area contributed by atoms with Crippen molar-refractivity contribution in [3.8, 4) is 11.4 Å². The molecule has 0 spiro atoms. The monoisotopic (exact) mass is 425 g/mol. The number of morpholine rings is 1. The Labute approximate surface area is 183 Å². The molecule has 2 aliphatic rings. The molecular formula is C23H31N5O3. The van der Waals surface area contributed by atoms with Gasteiger partial charge in [0.2, 0.25) is 0 Å². The van der Waals surface area contributed by atoms with Crippen molar-refractivity contribution in [1.82, 2.24) is 14.9 Å². The molecule has 2 aliphatic heterocycles. The van der Waals surface area contributed by atoms with Crippen molar-refractivity contribution < 1.29 is 14.3 Å². The van der Waals surface area contributed by atoms with Crippen LogP contribution in [0.4, 0.5) is 16.3 Å². The Balaban J connectivity index is 1.73. The van der Waals surface area contributed by atoms with E-state index in [4.69, 9.17) is 25.2 Å². The highest BCUT2D eigenvalue weighted by molar-refractivity contribution is 5.70. The van der Waals surface area contributed by atoms with Crippen molar-refractivity contribution in [2.45, 2.75) is 52.3 Å². The quantitative estimate of drug-likeness (QED) is 0.738. The minimum atomic E-state index is -0.535. The fraction of sp³-hybridized carbons (Fsp3) is 0.522. The predicted molar refractivity (Wildman–Crippen MR) is 120 cm³/mol. The molecule has 2 aromatic rings. The van der Waals surface area contributed by atoms with Gasteiger partial charge in [0.25, 0.3) is 0 Å². The summed E-state index contributed by atoms with van der Waals surface area (Å²) >= 11 is 0. The summed E-state index contributed by atoms with van der Waals surface area (Å²) in [6, 6.07) is 7.77. The maximum atomic E-state index is 12.7. The first-order chi connectivity index (χ1) is 14.7. The molecule has 0 radical (unpaired) electrons. The highest BCUT2D eigenvalue weighted by Crippen LogP contribution is 2.32. The summed E-state index contributed by atoms with van der Waals surface area (Å²) in [4.78, 5) is 26.5. The van der Waals surface area contributed by atoms with Crippen molar-refractivity contribution in [2.24, 2.45) is 0 Å². The van der Waals surface area contributed by atoms with Gasteiger partial charge in [0.1, 0.15) is 11.4 Å². The van der Waals surface area contributed by atoms with E-state index >= 15 is 0 Å². The highest BCUT2D eigenvalue weighted by Gasteiger charge is 2.31. The van der Waals surface area contributed by atoms with Gasteiger partial charge in [-0.3, -0.25) is 0 Å². The second kappa shape index (κ2) is 8.34. The van der Waals surface area contributed by atoms with Crippen molar-refractivity contribution in [3.05, 3.63) is 35.5 Å². The summed E-state index contributed by atoms with van der Waals surface area (Å²) in [5.74, 6) is 1.58. The molecule has 8 heteroatoms. The Bertz CT molecular complexity index is 955. The number of aromatic nitrogens is 2. The Hall–Kier alpha value is -2.87. The van der Waals surface area contributed by atoms with E-state index < -0.39 is 5.60 Å². The molecule has 1 atom stereocenters. The molecule has 3 heterocycles. The zero-order chi connectivity index (χ0) is 22.2. The van der Waals surface area contributed by atoms with Gasteiger partial charge in [-0.05, 0) is 58.4 Å². The molecule has 4 rings (SSSR count). The van der Waals surface area contributed by atoms with Gasteiger partial charge < -0.3 is 25.0 Å². The summed E-state index contributed by atoms with van der Waals surface area (Å²) in [5.41, 5.74) is 8.89. The van der Waals surface area contributed by atoms with Crippen molar-refractivity contribution >= 4 is 17.6 Å². The summed E-state index contributed by atoms with van der Waals surface area (Å²) in [5, 5.41) is 0. The number of amides is 1. The van der Waals surface area contributed by atoms with Crippen LogP contribution in [0, 0.1) is 0 Å². The molecule has 1 aromatic heterocycles. The molecule has 2 N–H and O–H groups in total. The number of anilines is 2. The third-order valence-electron chi connectivity index (χ3n) is 5.50. The molecular weight excluding hydrogens is 394 g/mol. The molecule has 1 fully saturated rings. The third-order valence-corrected chi connectivity index (χ3v) is 5.50. The van der Waals surface area contributed by atoms with Crippen LogP contribution in [0.2, 0.25) is 0 Å². The predicted octanol–water partition coefficient (Wildman–Crippen LogP) is 3.24. The second-order valence-corrected chi connectivity index (χ2v) is 9.19. The lowest BCUT2D eigenvalue weighted by atomic mass is 10.0. The Morgan fingerprint density at radius 1 is 1.19 bits per heavy atom. The maximum absolute atomic E-state index is 12.7. The Kier molecular flexibility index (Phi) is 5.75. The first-order valence-electron chi connectivity index (χ1n) is 10.8. The van der Waals surface area contributed by atoms with E-state index in [0.29, 0.717) is 44.2 Å². The highest BCUT2D eigenvalue weighted by atomic mass is 16.6. The average Bonchev–Trinajstić information content (AvgIpc) is 2.72. The molecule has 0 saturated carbocycles. The lowest BCUT2D eigenvalue weighted by molar-refractivity contribution is 0.0220. The van der Waals surface area contributed by atoms with Gasteiger partial charge in [0, 0.05) is 29.9 Å². The summed E-state index contributed by atoms with van der Waals surface area (Å²) in [7, 11) is 0.